The van der Waals surface area contributed by atoms with Crippen molar-refractivity contribution in [2.24, 2.45) is 0 Å². The molecule has 0 aromatic rings. The Kier molecular flexibility index (Phi) is 8.23. The summed E-state index contributed by atoms with van der Waals surface area (Å²) in [6, 6.07) is 3.67. The molecule has 1 atom stereocenters. The normalized spacial score (nSPS) is 23.4. The van der Waals surface area contributed by atoms with E-state index in [1.807, 2.05) is 6.08 Å². The van der Waals surface area contributed by atoms with E-state index < -0.39 is 8.32 Å². The highest BCUT2D eigenvalue weighted by molar-refractivity contribution is 6.73. The summed E-state index contributed by atoms with van der Waals surface area (Å²) >= 11 is 0. The van der Waals surface area contributed by atoms with Crippen molar-refractivity contribution >= 4 is 8.32 Å². The van der Waals surface area contributed by atoms with Crippen LogP contribution in [-0.4, -0.2) is 21.0 Å². The molecule has 20 heavy (non-hydrogen) atoms. The van der Waals surface area contributed by atoms with Gasteiger partial charge in [-0.1, -0.05) is 26.8 Å². The minimum Gasteiger partial charge on any atom is -0.547 e. The third-order valence-electron chi connectivity index (χ3n) is 4.54. The van der Waals surface area contributed by atoms with Crippen molar-refractivity contribution < 1.29 is 9.16 Å². The molecule has 2 nitrogen and oxygen atoms in total. The van der Waals surface area contributed by atoms with Crippen LogP contribution in [0.15, 0.2) is 24.5 Å². The van der Waals surface area contributed by atoms with Gasteiger partial charge >= 0.3 is 0 Å². The van der Waals surface area contributed by atoms with E-state index in [2.05, 4.69) is 33.4 Å². The molecule has 0 aromatic heterocycles. The molecule has 0 fully saturated rings. The SMILES string of the molecule is C=CCOC1CC/C=C(/O[Si](CC)(CC)CC)CCC1. The minimum absolute atomic E-state index is 0.399. The van der Waals surface area contributed by atoms with Gasteiger partial charge in [0.25, 0.3) is 0 Å². The fraction of sp³-hybridized carbons (Fsp3) is 0.765. The zero-order valence-corrected chi connectivity index (χ0v) is 14.6. The first-order valence-electron chi connectivity index (χ1n) is 8.30. The second kappa shape index (κ2) is 9.40. The topological polar surface area (TPSA) is 18.5 Å². The van der Waals surface area contributed by atoms with Gasteiger partial charge in [-0.25, -0.2) is 0 Å². The average Bonchev–Trinajstić information content (AvgIpc) is 2.46. The number of hydrogen-bond acceptors (Lipinski definition) is 2. The predicted molar refractivity (Wildman–Crippen MR) is 89.4 cm³/mol. The smallest absolute Gasteiger partial charge is 0.250 e. The lowest BCUT2D eigenvalue weighted by Crippen LogP contribution is -2.35. The maximum atomic E-state index is 6.52. The van der Waals surface area contributed by atoms with Crippen molar-refractivity contribution in [3.63, 3.8) is 0 Å². The highest BCUT2D eigenvalue weighted by Crippen LogP contribution is 2.28. The third kappa shape index (κ3) is 5.45. The maximum absolute atomic E-state index is 6.52. The summed E-state index contributed by atoms with van der Waals surface area (Å²) < 4.78 is 12.3. The van der Waals surface area contributed by atoms with Gasteiger partial charge in [0.05, 0.1) is 18.5 Å². The molecule has 0 N–H and O–H groups in total. The van der Waals surface area contributed by atoms with Crippen LogP contribution in [0, 0.1) is 0 Å². The molecule has 1 aliphatic rings. The molecule has 3 heteroatoms. The van der Waals surface area contributed by atoms with Gasteiger partial charge in [0, 0.05) is 6.42 Å². The Morgan fingerprint density at radius 1 is 1.25 bits per heavy atom. The van der Waals surface area contributed by atoms with Gasteiger partial charge in [-0.2, -0.15) is 0 Å². The van der Waals surface area contributed by atoms with Crippen molar-refractivity contribution in [3.05, 3.63) is 24.5 Å². The highest BCUT2D eigenvalue weighted by atomic mass is 28.4. The van der Waals surface area contributed by atoms with Gasteiger partial charge < -0.3 is 9.16 Å². The molecule has 0 bridgehead atoms. The number of rotatable bonds is 8. The molecule has 0 aliphatic heterocycles. The summed E-state index contributed by atoms with van der Waals surface area (Å²) in [7, 11) is -1.49. The second-order valence-electron chi connectivity index (χ2n) is 5.73. The van der Waals surface area contributed by atoms with Crippen LogP contribution in [0.4, 0.5) is 0 Å². The fourth-order valence-electron chi connectivity index (χ4n) is 2.89. The maximum Gasteiger partial charge on any atom is 0.250 e. The highest BCUT2D eigenvalue weighted by Gasteiger charge is 2.31. The molecule has 0 aromatic carbocycles. The van der Waals surface area contributed by atoms with E-state index in [0.717, 1.165) is 25.7 Å². The lowest BCUT2D eigenvalue weighted by atomic mass is 10.0. The van der Waals surface area contributed by atoms with Crippen molar-refractivity contribution in [2.75, 3.05) is 6.61 Å². The molecular formula is C17H32O2Si. The molecule has 0 radical (unpaired) electrons. The van der Waals surface area contributed by atoms with Gasteiger partial charge in [-0.3, -0.25) is 0 Å². The second-order valence-corrected chi connectivity index (χ2v) is 10.4. The summed E-state index contributed by atoms with van der Waals surface area (Å²) in [5, 5.41) is 0. The average molecular weight is 297 g/mol. The first kappa shape index (κ1) is 17.5. The summed E-state index contributed by atoms with van der Waals surface area (Å²) in [6.07, 6.45) is 10.2. The van der Waals surface area contributed by atoms with E-state index in [0.29, 0.717) is 12.7 Å². The third-order valence-corrected chi connectivity index (χ3v) is 9.10. The van der Waals surface area contributed by atoms with Crippen LogP contribution in [-0.2, 0) is 9.16 Å². The lowest BCUT2D eigenvalue weighted by molar-refractivity contribution is 0.0589. The van der Waals surface area contributed by atoms with Crippen molar-refractivity contribution in [1.82, 2.24) is 0 Å². The number of hydrogen-bond donors (Lipinski definition) is 0. The standard InChI is InChI=1S/C17H32O2Si/c1-5-15-18-16-11-9-13-17(14-10-12-16)19-20(6-2,7-3)8-4/h5,13,16H,1,6-12,14-15H2,2-4H3/b17-13+. The van der Waals surface area contributed by atoms with Gasteiger partial charge in [0.15, 0.2) is 0 Å². The molecule has 0 amide bonds. The lowest BCUT2D eigenvalue weighted by Gasteiger charge is -2.31. The summed E-state index contributed by atoms with van der Waals surface area (Å²) in [5.41, 5.74) is 0. The van der Waals surface area contributed by atoms with Crippen LogP contribution in [0.2, 0.25) is 18.1 Å². The fourth-order valence-corrected chi connectivity index (χ4v) is 5.56. The Morgan fingerprint density at radius 3 is 2.55 bits per heavy atom. The molecule has 1 aliphatic carbocycles. The van der Waals surface area contributed by atoms with Crippen LogP contribution in [0.3, 0.4) is 0 Å². The molecule has 116 valence electrons. The van der Waals surface area contributed by atoms with Gasteiger partial charge in [-0.05, 0) is 49.9 Å². The van der Waals surface area contributed by atoms with Crippen molar-refractivity contribution in [2.45, 2.75) is 77.1 Å². The first-order chi connectivity index (χ1) is 9.69. The first-order valence-corrected chi connectivity index (χ1v) is 10.8. The van der Waals surface area contributed by atoms with E-state index in [1.54, 1.807) is 0 Å². The molecule has 0 saturated carbocycles. The van der Waals surface area contributed by atoms with Crippen molar-refractivity contribution in [3.8, 4) is 0 Å². The van der Waals surface area contributed by atoms with E-state index in [4.69, 9.17) is 9.16 Å². The van der Waals surface area contributed by atoms with Crippen LogP contribution >= 0.6 is 0 Å². The Morgan fingerprint density at radius 2 is 1.95 bits per heavy atom. The van der Waals surface area contributed by atoms with E-state index >= 15 is 0 Å². The van der Waals surface area contributed by atoms with Gasteiger partial charge in [0.2, 0.25) is 8.32 Å². The van der Waals surface area contributed by atoms with E-state index in [-0.39, 0.29) is 0 Å². The molecule has 0 saturated heterocycles. The molecule has 1 unspecified atom stereocenters. The summed E-state index contributed by atoms with van der Waals surface area (Å²) in [5.74, 6) is 1.27. The monoisotopic (exact) mass is 296 g/mol. The summed E-state index contributed by atoms with van der Waals surface area (Å²) in [4.78, 5) is 0. The largest absolute Gasteiger partial charge is 0.547 e. The van der Waals surface area contributed by atoms with E-state index in [1.165, 1.54) is 30.3 Å². The minimum atomic E-state index is -1.49. The Hall–Kier alpha value is -0.543. The van der Waals surface area contributed by atoms with Gasteiger partial charge in [0.1, 0.15) is 0 Å². The van der Waals surface area contributed by atoms with Crippen LogP contribution in [0.1, 0.15) is 52.9 Å². The Balaban J connectivity index is 2.54. The van der Waals surface area contributed by atoms with Crippen molar-refractivity contribution in [1.29, 1.82) is 0 Å². The number of allylic oxidation sites excluding steroid dienone is 2. The molecule has 0 spiro atoms. The molecular weight excluding hydrogens is 264 g/mol. The number of ether oxygens (including phenoxy) is 1. The van der Waals surface area contributed by atoms with Gasteiger partial charge in [-0.15, -0.1) is 6.58 Å². The Labute approximate surface area is 126 Å². The predicted octanol–water partition coefficient (Wildman–Crippen LogP) is 5.43. The quantitative estimate of drug-likeness (QED) is 0.439. The molecule has 0 heterocycles. The molecule has 1 rings (SSSR count). The van der Waals surface area contributed by atoms with Crippen LogP contribution in [0.5, 0.6) is 0 Å². The zero-order valence-electron chi connectivity index (χ0n) is 13.6. The Bertz CT molecular complexity index is 300. The van der Waals surface area contributed by atoms with Crippen LogP contribution in [0.25, 0.3) is 0 Å². The van der Waals surface area contributed by atoms with Crippen LogP contribution < -0.4 is 0 Å². The summed E-state index contributed by atoms with van der Waals surface area (Å²) in [6.45, 7) is 11.3. The van der Waals surface area contributed by atoms with E-state index in [9.17, 15) is 0 Å². The zero-order chi connectivity index (χ0) is 14.8.